The first-order chi connectivity index (χ1) is 9.15. The van der Waals surface area contributed by atoms with E-state index in [-0.39, 0.29) is 5.96 Å². The number of rotatable bonds is 3. The molecule has 19 heavy (non-hydrogen) atoms. The van der Waals surface area contributed by atoms with E-state index in [0.717, 1.165) is 16.8 Å². The van der Waals surface area contributed by atoms with Gasteiger partial charge in [-0.1, -0.05) is 35.9 Å². The summed E-state index contributed by atoms with van der Waals surface area (Å²) >= 11 is 5.68. The predicted molar refractivity (Wildman–Crippen MR) is 75.9 cm³/mol. The van der Waals surface area contributed by atoms with Crippen molar-refractivity contribution >= 4 is 23.8 Å². The summed E-state index contributed by atoms with van der Waals surface area (Å²) in [5.74, 6) is -0.0793. The van der Waals surface area contributed by atoms with Gasteiger partial charge >= 0.3 is 0 Å². The minimum absolute atomic E-state index is 0.0793. The van der Waals surface area contributed by atoms with E-state index in [1.165, 1.54) is 0 Å². The molecule has 1 heterocycles. The van der Waals surface area contributed by atoms with Crippen LogP contribution < -0.4 is 11.5 Å². The second kappa shape index (κ2) is 5.92. The van der Waals surface area contributed by atoms with Gasteiger partial charge in [0, 0.05) is 5.56 Å². The average Bonchev–Trinajstić information content (AvgIpc) is 2.40. The Bertz CT molecular complexity index is 599. The van der Waals surface area contributed by atoms with Crippen LogP contribution in [0.2, 0.25) is 5.15 Å². The largest absolute Gasteiger partial charge is 0.369 e. The molecule has 0 aliphatic carbocycles. The van der Waals surface area contributed by atoms with Gasteiger partial charge in [0.2, 0.25) is 5.96 Å². The number of halogens is 1. The lowest BCUT2D eigenvalue weighted by molar-refractivity contribution is 1.04. The second-order valence-electron chi connectivity index (χ2n) is 3.63. The van der Waals surface area contributed by atoms with Crippen molar-refractivity contribution in [1.29, 1.82) is 0 Å². The van der Waals surface area contributed by atoms with Crippen molar-refractivity contribution in [3.8, 4) is 11.3 Å². The van der Waals surface area contributed by atoms with Crippen molar-refractivity contribution in [2.45, 2.75) is 0 Å². The Hall–Kier alpha value is -2.47. The number of hydrogen-bond donors (Lipinski definition) is 2. The number of guanidine groups is 1. The van der Waals surface area contributed by atoms with Gasteiger partial charge in [-0.3, -0.25) is 0 Å². The van der Waals surface area contributed by atoms with Crippen molar-refractivity contribution in [2.24, 2.45) is 21.7 Å². The highest BCUT2D eigenvalue weighted by atomic mass is 35.5. The standard InChI is InChI=1S/C12H11ClN6/c13-11-6-5-10(17-18-11)9-3-1-8(2-4-9)7-16-19-12(14)15/h1-7H,(H4,14,15,19). The lowest BCUT2D eigenvalue weighted by Crippen LogP contribution is -2.21. The molecular weight excluding hydrogens is 264 g/mol. The van der Waals surface area contributed by atoms with Crippen molar-refractivity contribution in [1.82, 2.24) is 10.2 Å². The Morgan fingerprint density at radius 1 is 1.05 bits per heavy atom. The molecule has 0 bridgehead atoms. The van der Waals surface area contributed by atoms with Crippen LogP contribution in [0.25, 0.3) is 11.3 Å². The first-order valence-corrected chi connectivity index (χ1v) is 5.74. The summed E-state index contributed by atoms with van der Waals surface area (Å²) in [6, 6.07) is 11.0. The summed E-state index contributed by atoms with van der Waals surface area (Å²) in [6.07, 6.45) is 1.55. The van der Waals surface area contributed by atoms with Gasteiger partial charge in [0.05, 0.1) is 11.9 Å². The quantitative estimate of drug-likeness (QED) is 0.502. The topological polar surface area (TPSA) is 103 Å². The molecule has 1 aromatic heterocycles. The summed E-state index contributed by atoms with van der Waals surface area (Å²) in [4.78, 5) is 0. The molecule has 0 saturated carbocycles. The van der Waals surface area contributed by atoms with E-state index in [2.05, 4.69) is 20.4 Å². The van der Waals surface area contributed by atoms with Crippen LogP contribution in [0.3, 0.4) is 0 Å². The van der Waals surface area contributed by atoms with Crippen molar-refractivity contribution in [3.05, 3.63) is 47.1 Å². The molecule has 2 aromatic rings. The average molecular weight is 275 g/mol. The van der Waals surface area contributed by atoms with E-state index in [0.29, 0.717) is 5.15 Å². The van der Waals surface area contributed by atoms with E-state index < -0.39 is 0 Å². The zero-order valence-electron chi connectivity index (χ0n) is 9.86. The highest BCUT2D eigenvalue weighted by Crippen LogP contribution is 2.17. The van der Waals surface area contributed by atoms with Crippen LogP contribution in [0.1, 0.15) is 5.56 Å². The Labute approximate surface area is 114 Å². The molecule has 4 N–H and O–H groups in total. The molecule has 0 aliphatic heterocycles. The summed E-state index contributed by atoms with van der Waals surface area (Å²) in [5, 5.41) is 15.4. The molecule has 2 rings (SSSR count). The molecule has 1 aromatic carbocycles. The van der Waals surface area contributed by atoms with Gasteiger partial charge < -0.3 is 11.5 Å². The first-order valence-electron chi connectivity index (χ1n) is 5.37. The van der Waals surface area contributed by atoms with Crippen LogP contribution in [-0.2, 0) is 0 Å². The molecule has 0 aliphatic rings. The third-order valence-electron chi connectivity index (χ3n) is 2.22. The first kappa shape index (κ1) is 13.0. The highest BCUT2D eigenvalue weighted by Gasteiger charge is 1.99. The van der Waals surface area contributed by atoms with Gasteiger partial charge in [-0.2, -0.15) is 5.10 Å². The predicted octanol–water partition coefficient (Wildman–Crippen LogP) is 1.40. The van der Waals surface area contributed by atoms with Crippen molar-refractivity contribution in [3.63, 3.8) is 0 Å². The molecule has 0 amide bonds. The minimum atomic E-state index is -0.0793. The van der Waals surface area contributed by atoms with Crippen LogP contribution in [0, 0.1) is 0 Å². The van der Waals surface area contributed by atoms with Crippen LogP contribution in [-0.4, -0.2) is 22.4 Å². The Balaban J connectivity index is 2.16. The molecule has 0 radical (unpaired) electrons. The van der Waals surface area contributed by atoms with E-state index in [9.17, 15) is 0 Å². The third kappa shape index (κ3) is 3.75. The summed E-state index contributed by atoms with van der Waals surface area (Å²) in [5.41, 5.74) is 12.9. The summed E-state index contributed by atoms with van der Waals surface area (Å²) < 4.78 is 0. The monoisotopic (exact) mass is 274 g/mol. The maximum absolute atomic E-state index is 5.68. The smallest absolute Gasteiger partial charge is 0.211 e. The van der Waals surface area contributed by atoms with Crippen LogP contribution in [0.15, 0.2) is 46.6 Å². The molecule has 0 spiro atoms. The zero-order chi connectivity index (χ0) is 13.7. The zero-order valence-corrected chi connectivity index (χ0v) is 10.6. The Morgan fingerprint density at radius 2 is 1.79 bits per heavy atom. The van der Waals surface area contributed by atoms with Crippen molar-refractivity contribution in [2.75, 3.05) is 0 Å². The number of nitrogens with zero attached hydrogens (tertiary/aromatic N) is 4. The SMILES string of the molecule is NC(N)=NN=Cc1ccc(-c2ccc(Cl)nn2)cc1. The van der Waals surface area contributed by atoms with Gasteiger partial charge in [0.1, 0.15) is 0 Å². The molecule has 7 heteroatoms. The van der Waals surface area contributed by atoms with Gasteiger partial charge in [-0.05, 0) is 17.7 Å². The van der Waals surface area contributed by atoms with Gasteiger partial charge in [-0.15, -0.1) is 15.3 Å². The van der Waals surface area contributed by atoms with Gasteiger partial charge in [-0.25, -0.2) is 0 Å². The lowest BCUT2D eigenvalue weighted by atomic mass is 10.1. The normalized spacial score (nSPS) is 10.6. The fourth-order valence-electron chi connectivity index (χ4n) is 1.37. The molecule has 96 valence electrons. The molecule has 0 unspecified atom stereocenters. The molecule has 0 atom stereocenters. The van der Waals surface area contributed by atoms with Crippen molar-refractivity contribution < 1.29 is 0 Å². The second-order valence-corrected chi connectivity index (χ2v) is 4.02. The van der Waals surface area contributed by atoms with E-state index in [1.807, 2.05) is 24.3 Å². The molecule has 0 saturated heterocycles. The summed E-state index contributed by atoms with van der Waals surface area (Å²) in [6.45, 7) is 0. The Kier molecular flexibility index (Phi) is 4.04. The minimum Gasteiger partial charge on any atom is -0.369 e. The molecule has 6 nitrogen and oxygen atoms in total. The van der Waals surface area contributed by atoms with E-state index in [1.54, 1.807) is 18.3 Å². The van der Waals surface area contributed by atoms with Crippen LogP contribution in [0.5, 0.6) is 0 Å². The van der Waals surface area contributed by atoms with Gasteiger partial charge in [0.15, 0.2) is 5.15 Å². The third-order valence-corrected chi connectivity index (χ3v) is 2.42. The maximum atomic E-state index is 5.68. The molecular formula is C12H11ClN6. The van der Waals surface area contributed by atoms with E-state index in [4.69, 9.17) is 23.1 Å². The van der Waals surface area contributed by atoms with Gasteiger partial charge in [0.25, 0.3) is 0 Å². The van der Waals surface area contributed by atoms with Crippen LogP contribution >= 0.6 is 11.6 Å². The number of hydrogen-bond acceptors (Lipinski definition) is 4. The number of nitrogens with two attached hydrogens (primary N) is 2. The number of aromatic nitrogens is 2. The highest BCUT2D eigenvalue weighted by molar-refractivity contribution is 6.29. The fourth-order valence-corrected chi connectivity index (χ4v) is 1.47. The summed E-state index contributed by atoms with van der Waals surface area (Å²) in [7, 11) is 0. The van der Waals surface area contributed by atoms with E-state index >= 15 is 0 Å². The lowest BCUT2D eigenvalue weighted by Gasteiger charge is -2.00. The molecule has 0 fully saturated rings. The fraction of sp³-hybridized carbons (Fsp3) is 0. The number of benzene rings is 1. The maximum Gasteiger partial charge on any atom is 0.211 e. The Morgan fingerprint density at radius 3 is 2.37 bits per heavy atom. The van der Waals surface area contributed by atoms with Crippen LogP contribution in [0.4, 0.5) is 0 Å².